The van der Waals surface area contributed by atoms with Gasteiger partial charge < -0.3 is 15.4 Å². The summed E-state index contributed by atoms with van der Waals surface area (Å²) in [5.41, 5.74) is 5.70. The van der Waals surface area contributed by atoms with Gasteiger partial charge in [0, 0.05) is 26.2 Å². The van der Waals surface area contributed by atoms with E-state index < -0.39 is 0 Å². The average Bonchev–Trinajstić information content (AvgIpc) is 2.98. The number of ether oxygens (including phenoxy) is 1. The fourth-order valence-electron chi connectivity index (χ4n) is 3.55. The minimum atomic E-state index is -0.304. The van der Waals surface area contributed by atoms with Crippen LogP contribution in [0.4, 0.5) is 0 Å². The zero-order chi connectivity index (χ0) is 14.6. The molecule has 20 heavy (non-hydrogen) atoms. The molecular weight excluding hydrogens is 252 g/mol. The van der Waals surface area contributed by atoms with E-state index in [0.717, 1.165) is 64.1 Å². The van der Waals surface area contributed by atoms with Crippen molar-refractivity contribution in [3.63, 3.8) is 0 Å². The van der Waals surface area contributed by atoms with E-state index >= 15 is 0 Å². The highest BCUT2D eigenvalue weighted by atomic mass is 16.5. The minimum Gasteiger partial charge on any atom is -0.376 e. The molecule has 4 nitrogen and oxygen atoms in total. The lowest BCUT2D eigenvalue weighted by Crippen LogP contribution is -2.51. The number of nitrogens with two attached hydrogens (primary N) is 1. The second-order valence-corrected chi connectivity index (χ2v) is 6.65. The van der Waals surface area contributed by atoms with Gasteiger partial charge in [0.15, 0.2) is 0 Å². The summed E-state index contributed by atoms with van der Waals surface area (Å²) in [6, 6.07) is 0. The molecule has 1 aliphatic heterocycles. The lowest BCUT2D eigenvalue weighted by Gasteiger charge is -2.41. The van der Waals surface area contributed by atoms with Crippen molar-refractivity contribution in [2.75, 3.05) is 26.2 Å². The molecule has 0 aromatic carbocycles. The first kappa shape index (κ1) is 15.8. The van der Waals surface area contributed by atoms with Gasteiger partial charge in [-0.15, -0.1) is 0 Å². The lowest BCUT2D eigenvalue weighted by molar-refractivity contribution is -0.145. The largest absolute Gasteiger partial charge is 0.376 e. The Bertz CT molecular complexity index is 318. The second kappa shape index (κ2) is 6.90. The summed E-state index contributed by atoms with van der Waals surface area (Å²) < 4.78 is 5.68. The van der Waals surface area contributed by atoms with Crippen LogP contribution in [-0.2, 0) is 9.53 Å². The Labute approximate surface area is 123 Å². The van der Waals surface area contributed by atoms with Crippen LogP contribution in [0.25, 0.3) is 0 Å². The van der Waals surface area contributed by atoms with Crippen molar-refractivity contribution in [1.29, 1.82) is 0 Å². The predicted octanol–water partition coefficient (Wildman–Crippen LogP) is 2.17. The molecule has 1 heterocycles. The molecule has 1 saturated carbocycles. The van der Waals surface area contributed by atoms with Crippen LogP contribution in [0.1, 0.15) is 52.4 Å². The molecule has 0 aromatic heterocycles. The van der Waals surface area contributed by atoms with Crippen LogP contribution in [-0.4, -0.2) is 43.2 Å². The average molecular weight is 282 g/mol. The molecule has 0 spiro atoms. The Balaban J connectivity index is 2.01. The summed E-state index contributed by atoms with van der Waals surface area (Å²) in [5.74, 6) is 1.00. The van der Waals surface area contributed by atoms with E-state index in [9.17, 15) is 4.79 Å². The van der Waals surface area contributed by atoms with Crippen LogP contribution in [0.15, 0.2) is 0 Å². The topological polar surface area (TPSA) is 55.6 Å². The van der Waals surface area contributed by atoms with Gasteiger partial charge in [-0.3, -0.25) is 4.79 Å². The highest BCUT2D eigenvalue weighted by Gasteiger charge is 2.42. The Morgan fingerprint density at radius 2 is 2.05 bits per heavy atom. The maximum atomic E-state index is 13.0. The highest BCUT2D eigenvalue weighted by Crippen LogP contribution is 2.39. The molecule has 116 valence electrons. The quantitative estimate of drug-likeness (QED) is 0.841. The van der Waals surface area contributed by atoms with Crippen molar-refractivity contribution >= 4 is 5.91 Å². The monoisotopic (exact) mass is 282 g/mol. The first-order valence-electron chi connectivity index (χ1n) is 8.22. The third-order valence-electron chi connectivity index (χ3n) is 5.19. The van der Waals surface area contributed by atoms with Crippen LogP contribution in [0.3, 0.4) is 0 Å². The summed E-state index contributed by atoms with van der Waals surface area (Å²) in [5, 5.41) is 0. The summed E-state index contributed by atoms with van der Waals surface area (Å²) in [6.45, 7) is 7.16. The molecule has 2 N–H and O–H groups in total. The Kier molecular flexibility index (Phi) is 5.44. The van der Waals surface area contributed by atoms with Crippen molar-refractivity contribution in [1.82, 2.24) is 4.90 Å². The van der Waals surface area contributed by atoms with Gasteiger partial charge in [-0.25, -0.2) is 0 Å². The second-order valence-electron chi connectivity index (χ2n) is 6.65. The maximum Gasteiger partial charge on any atom is 0.230 e. The highest BCUT2D eigenvalue weighted by molar-refractivity contribution is 5.83. The van der Waals surface area contributed by atoms with Crippen molar-refractivity contribution in [3.8, 4) is 0 Å². The van der Waals surface area contributed by atoms with Crippen LogP contribution in [0.5, 0.6) is 0 Å². The number of rotatable bonds is 5. The van der Waals surface area contributed by atoms with Gasteiger partial charge in [-0.05, 0) is 51.4 Å². The summed E-state index contributed by atoms with van der Waals surface area (Å²) in [6.07, 6.45) is 6.58. The number of carbonyl (C=O) groups excluding carboxylic acids is 1. The smallest absolute Gasteiger partial charge is 0.230 e. The fourth-order valence-corrected chi connectivity index (χ4v) is 3.55. The molecule has 1 atom stereocenters. The Hall–Kier alpha value is -0.610. The van der Waals surface area contributed by atoms with Crippen molar-refractivity contribution in [3.05, 3.63) is 0 Å². The molecule has 0 bridgehead atoms. The van der Waals surface area contributed by atoms with Crippen LogP contribution in [0.2, 0.25) is 0 Å². The number of likely N-dealkylation sites (N-methyl/N-ethyl adjacent to an activating group) is 1. The molecule has 2 fully saturated rings. The molecule has 1 amide bonds. The van der Waals surface area contributed by atoms with Gasteiger partial charge in [-0.2, -0.15) is 0 Å². The maximum absolute atomic E-state index is 13.0. The van der Waals surface area contributed by atoms with Gasteiger partial charge >= 0.3 is 0 Å². The zero-order valence-corrected chi connectivity index (χ0v) is 13.1. The lowest BCUT2D eigenvalue weighted by atomic mass is 9.70. The van der Waals surface area contributed by atoms with Crippen LogP contribution < -0.4 is 5.73 Å². The first-order valence-corrected chi connectivity index (χ1v) is 8.22. The molecule has 1 unspecified atom stereocenters. The van der Waals surface area contributed by atoms with Gasteiger partial charge in [0.1, 0.15) is 0 Å². The Morgan fingerprint density at radius 3 is 2.55 bits per heavy atom. The van der Waals surface area contributed by atoms with E-state index in [0.29, 0.717) is 6.54 Å². The molecule has 0 aromatic rings. The number of hydrogen-bond acceptors (Lipinski definition) is 3. The number of nitrogens with zero attached hydrogens (tertiary/aromatic N) is 1. The van der Waals surface area contributed by atoms with Gasteiger partial charge in [0.25, 0.3) is 0 Å². The normalized spacial score (nSPS) is 34.1. The zero-order valence-electron chi connectivity index (χ0n) is 13.1. The first-order chi connectivity index (χ1) is 9.61. The van der Waals surface area contributed by atoms with E-state index in [1.54, 1.807) is 0 Å². The van der Waals surface area contributed by atoms with Crippen molar-refractivity contribution in [2.24, 2.45) is 17.1 Å². The number of carbonyl (C=O) groups is 1. The number of amides is 1. The molecule has 1 saturated heterocycles. The van der Waals surface area contributed by atoms with E-state index in [-0.39, 0.29) is 17.4 Å². The van der Waals surface area contributed by atoms with Gasteiger partial charge in [0.05, 0.1) is 11.5 Å². The van der Waals surface area contributed by atoms with E-state index in [1.807, 2.05) is 4.90 Å². The number of hydrogen-bond donors (Lipinski definition) is 1. The minimum absolute atomic E-state index is 0.233. The van der Waals surface area contributed by atoms with Crippen LogP contribution in [0, 0.1) is 11.3 Å². The molecule has 4 heteroatoms. The molecule has 1 aliphatic carbocycles. The van der Waals surface area contributed by atoms with Crippen LogP contribution >= 0.6 is 0 Å². The standard InChI is InChI=1S/C16H30N2O2/c1-3-18(11-14-5-4-10-20-14)15(19)16(12-17)8-6-13(2)7-9-16/h13-14H,3-12,17H2,1-2H3. The van der Waals surface area contributed by atoms with E-state index in [4.69, 9.17) is 10.5 Å². The third kappa shape index (κ3) is 3.34. The molecule has 2 rings (SSSR count). The summed E-state index contributed by atoms with van der Waals surface area (Å²) >= 11 is 0. The van der Waals surface area contributed by atoms with Gasteiger partial charge in [0.2, 0.25) is 5.91 Å². The molecule has 0 radical (unpaired) electrons. The van der Waals surface area contributed by atoms with E-state index in [2.05, 4.69) is 13.8 Å². The fraction of sp³-hybridized carbons (Fsp3) is 0.938. The molecule has 2 aliphatic rings. The van der Waals surface area contributed by atoms with Crippen molar-refractivity contribution in [2.45, 2.75) is 58.5 Å². The third-order valence-corrected chi connectivity index (χ3v) is 5.19. The Morgan fingerprint density at radius 1 is 1.35 bits per heavy atom. The summed E-state index contributed by atoms with van der Waals surface area (Å²) in [4.78, 5) is 15.0. The SMILES string of the molecule is CCN(CC1CCCO1)C(=O)C1(CN)CCC(C)CC1. The summed E-state index contributed by atoms with van der Waals surface area (Å²) in [7, 11) is 0. The van der Waals surface area contributed by atoms with E-state index in [1.165, 1.54) is 0 Å². The van der Waals surface area contributed by atoms with Gasteiger partial charge in [-0.1, -0.05) is 6.92 Å². The predicted molar refractivity (Wildman–Crippen MR) is 80.3 cm³/mol. The van der Waals surface area contributed by atoms with Crippen molar-refractivity contribution < 1.29 is 9.53 Å². The molecular formula is C16H30N2O2.